The van der Waals surface area contributed by atoms with Gasteiger partial charge in [-0.1, -0.05) is 39.5 Å². The van der Waals surface area contributed by atoms with Crippen LogP contribution in [0.4, 0.5) is 0 Å². The van der Waals surface area contributed by atoms with Gasteiger partial charge in [0.05, 0.1) is 0 Å². The van der Waals surface area contributed by atoms with Crippen LogP contribution in [0.25, 0.3) is 0 Å². The van der Waals surface area contributed by atoms with Gasteiger partial charge in [-0.05, 0) is 35.1 Å². The molecule has 0 N–H and O–H groups in total. The molecule has 94 valence electrons. The SMILES string of the molecule is C=C(CS)COc1ccc(C(C)(C)CC)cc1. The van der Waals surface area contributed by atoms with E-state index in [9.17, 15) is 0 Å². The zero-order valence-electron chi connectivity index (χ0n) is 11.0. The monoisotopic (exact) mass is 250 g/mol. The van der Waals surface area contributed by atoms with Crippen LogP contribution in [-0.4, -0.2) is 12.4 Å². The summed E-state index contributed by atoms with van der Waals surface area (Å²) in [5, 5.41) is 0. The van der Waals surface area contributed by atoms with Gasteiger partial charge in [0.1, 0.15) is 12.4 Å². The first kappa shape index (κ1) is 14.2. The van der Waals surface area contributed by atoms with E-state index < -0.39 is 0 Å². The molecule has 0 bridgehead atoms. The van der Waals surface area contributed by atoms with Crippen molar-refractivity contribution >= 4 is 12.6 Å². The van der Waals surface area contributed by atoms with E-state index in [4.69, 9.17) is 4.74 Å². The Labute approximate surface area is 110 Å². The molecule has 0 atom stereocenters. The second kappa shape index (κ2) is 6.15. The molecule has 0 aliphatic rings. The molecule has 1 aromatic carbocycles. The minimum absolute atomic E-state index is 0.229. The van der Waals surface area contributed by atoms with Gasteiger partial charge in [0, 0.05) is 5.75 Å². The molecule has 17 heavy (non-hydrogen) atoms. The third-order valence-electron chi connectivity index (χ3n) is 3.19. The van der Waals surface area contributed by atoms with Crippen LogP contribution in [0.5, 0.6) is 5.75 Å². The first-order valence-corrected chi connectivity index (χ1v) is 6.63. The highest BCUT2D eigenvalue weighted by Gasteiger charge is 2.17. The van der Waals surface area contributed by atoms with Gasteiger partial charge in [-0.25, -0.2) is 0 Å². The Kier molecular flexibility index (Phi) is 5.13. The summed E-state index contributed by atoms with van der Waals surface area (Å²) in [5.74, 6) is 1.56. The van der Waals surface area contributed by atoms with Crippen molar-refractivity contribution in [3.63, 3.8) is 0 Å². The van der Waals surface area contributed by atoms with E-state index in [0.29, 0.717) is 12.4 Å². The van der Waals surface area contributed by atoms with Crippen molar-refractivity contribution in [3.05, 3.63) is 42.0 Å². The van der Waals surface area contributed by atoms with Crippen LogP contribution in [-0.2, 0) is 5.41 Å². The molecule has 0 aliphatic carbocycles. The fourth-order valence-corrected chi connectivity index (χ4v) is 1.53. The summed E-state index contributed by atoms with van der Waals surface area (Å²) in [4.78, 5) is 0. The number of hydrogen-bond acceptors (Lipinski definition) is 2. The number of thiol groups is 1. The van der Waals surface area contributed by atoms with Gasteiger partial charge >= 0.3 is 0 Å². The highest BCUT2D eigenvalue weighted by Crippen LogP contribution is 2.28. The molecule has 0 unspecified atom stereocenters. The van der Waals surface area contributed by atoms with E-state index >= 15 is 0 Å². The van der Waals surface area contributed by atoms with Gasteiger partial charge in [0.2, 0.25) is 0 Å². The van der Waals surface area contributed by atoms with Crippen molar-refractivity contribution < 1.29 is 4.74 Å². The van der Waals surface area contributed by atoms with Crippen LogP contribution in [0.1, 0.15) is 32.8 Å². The molecular weight excluding hydrogens is 228 g/mol. The van der Waals surface area contributed by atoms with Crippen molar-refractivity contribution in [2.75, 3.05) is 12.4 Å². The molecule has 1 nitrogen and oxygen atoms in total. The van der Waals surface area contributed by atoms with Crippen LogP contribution in [0.3, 0.4) is 0 Å². The van der Waals surface area contributed by atoms with Crippen LogP contribution >= 0.6 is 12.6 Å². The zero-order valence-corrected chi connectivity index (χ0v) is 11.9. The molecule has 0 heterocycles. The highest BCUT2D eigenvalue weighted by molar-refractivity contribution is 7.80. The van der Waals surface area contributed by atoms with Crippen molar-refractivity contribution in [2.24, 2.45) is 0 Å². The molecule has 2 heteroatoms. The molecule has 0 radical (unpaired) electrons. The third kappa shape index (κ3) is 4.12. The number of rotatable bonds is 6. The quantitative estimate of drug-likeness (QED) is 0.587. The van der Waals surface area contributed by atoms with E-state index in [2.05, 4.69) is 52.1 Å². The Morgan fingerprint density at radius 3 is 2.35 bits per heavy atom. The van der Waals surface area contributed by atoms with Crippen LogP contribution in [0.2, 0.25) is 0 Å². The summed E-state index contributed by atoms with van der Waals surface area (Å²) in [7, 11) is 0. The lowest BCUT2D eigenvalue weighted by Crippen LogP contribution is -2.15. The van der Waals surface area contributed by atoms with Crippen molar-refractivity contribution in [1.82, 2.24) is 0 Å². The van der Waals surface area contributed by atoms with Gasteiger partial charge in [0.25, 0.3) is 0 Å². The Morgan fingerprint density at radius 1 is 1.29 bits per heavy atom. The lowest BCUT2D eigenvalue weighted by Gasteiger charge is -2.23. The minimum Gasteiger partial charge on any atom is -0.489 e. The molecule has 0 spiro atoms. The molecule has 0 amide bonds. The van der Waals surface area contributed by atoms with Gasteiger partial charge in [-0.15, -0.1) is 0 Å². The average molecular weight is 250 g/mol. The topological polar surface area (TPSA) is 9.23 Å². The van der Waals surface area contributed by atoms with Crippen LogP contribution in [0, 0.1) is 0 Å². The van der Waals surface area contributed by atoms with Crippen LogP contribution in [0.15, 0.2) is 36.4 Å². The van der Waals surface area contributed by atoms with Crippen molar-refractivity contribution in [1.29, 1.82) is 0 Å². The lowest BCUT2D eigenvalue weighted by atomic mass is 9.82. The van der Waals surface area contributed by atoms with Gasteiger partial charge < -0.3 is 4.74 Å². The Hall–Kier alpha value is -0.890. The number of benzene rings is 1. The largest absolute Gasteiger partial charge is 0.489 e. The highest BCUT2D eigenvalue weighted by atomic mass is 32.1. The second-order valence-corrected chi connectivity index (χ2v) is 5.27. The third-order valence-corrected chi connectivity index (χ3v) is 3.63. The van der Waals surface area contributed by atoms with Gasteiger partial charge in [-0.2, -0.15) is 12.6 Å². The molecule has 0 aliphatic heterocycles. The van der Waals surface area contributed by atoms with Gasteiger partial charge in [0.15, 0.2) is 0 Å². The van der Waals surface area contributed by atoms with Gasteiger partial charge in [-0.3, -0.25) is 0 Å². The molecule has 1 rings (SSSR count). The van der Waals surface area contributed by atoms with E-state index in [-0.39, 0.29) is 5.41 Å². The maximum atomic E-state index is 5.61. The number of ether oxygens (including phenoxy) is 1. The van der Waals surface area contributed by atoms with Crippen LogP contribution < -0.4 is 4.74 Å². The van der Waals surface area contributed by atoms with Crippen molar-refractivity contribution in [2.45, 2.75) is 32.6 Å². The maximum absolute atomic E-state index is 5.61. The molecule has 0 fully saturated rings. The predicted molar refractivity (Wildman–Crippen MR) is 78.2 cm³/mol. The van der Waals surface area contributed by atoms with E-state index in [1.807, 2.05) is 12.1 Å². The fraction of sp³-hybridized carbons (Fsp3) is 0.467. The Balaban J connectivity index is 2.65. The standard InChI is InChI=1S/C15H22OS/c1-5-15(3,4)13-6-8-14(9-7-13)16-10-12(2)11-17/h6-9,17H,2,5,10-11H2,1,3-4H3. The number of hydrogen-bond donors (Lipinski definition) is 1. The van der Waals surface area contributed by atoms with E-state index in [1.165, 1.54) is 5.56 Å². The molecule has 0 aromatic heterocycles. The maximum Gasteiger partial charge on any atom is 0.119 e. The lowest BCUT2D eigenvalue weighted by molar-refractivity contribution is 0.353. The zero-order chi connectivity index (χ0) is 12.9. The van der Waals surface area contributed by atoms with E-state index in [1.54, 1.807) is 0 Å². The molecule has 1 aromatic rings. The summed E-state index contributed by atoms with van der Waals surface area (Å²) >= 11 is 4.15. The first-order valence-electron chi connectivity index (χ1n) is 6.00. The molecule has 0 saturated heterocycles. The summed E-state index contributed by atoms with van der Waals surface area (Å²) in [5.41, 5.74) is 2.57. The average Bonchev–Trinajstić information content (AvgIpc) is 2.36. The van der Waals surface area contributed by atoms with Crippen molar-refractivity contribution in [3.8, 4) is 5.75 Å². The Bertz CT molecular complexity index is 365. The first-order chi connectivity index (χ1) is 7.99. The summed E-state index contributed by atoms with van der Waals surface area (Å²) in [6, 6.07) is 8.33. The predicted octanol–water partition coefficient (Wildman–Crippen LogP) is 4.24. The Morgan fingerprint density at radius 2 is 1.88 bits per heavy atom. The van der Waals surface area contributed by atoms with E-state index in [0.717, 1.165) is 17.7 Å². The summed E-state index contributed by atoms with van der Waals surface area (Å²) in [6.07, 6.45) is 1.13. The summed E-state index contributed by atoms with van der Waals surface area (Å²) < 4.78 is 5.61. The smallest absolute Gasteiger partial charge is 0.119 e. The normalized spacial score (nSPS) is 11.3. The molecule has 0 saturated carbocycles. The fourth-order valence-electron chi connectivity index (χ4n) is 1.44. The second-order valence-electron chi connectivity index (χ2n) is 4.96. The molecular formula is C15H22OS. The minimum atomic E-state index is 0.229. The summed E-state index contributed by atoms with van der Waals surface area (Å²) in [6.45, 7) is 11.1.